The average Bonchev–Trinajstić information content (AvgIpc) is 2.16. The van der Waals surface area contributed by atoms with E-state index in [4.69, 9.17) is 0 Å². The van der Waals surface area contributed by atoms with E-state index in [1.165, 1.54) is 11.8 Å². The van der Waals surface area contributed by atoms with Crippen molar-refractivity contribution in [2.45, 2.75) is 26.3 Å². The highest BCUT2D eigenvalue weighted by atomic mass is 16.6. The Kier molecular flexibility index (Phi) is 3.22. The molecule has 1 aliphatic heterocycles. The minimum atomic E-state index is -0.658. The zero-order chi connectivity index (χ0) is 10.7. The van der Waals surface area contributed by atoms with Crippen LogP contribution in [0.4, 0.5) is 0 Å². The lowest BCUT2D eigenvalue weighted by Gasteiger charge is -2.27. The molecule has 1 rings (SSSR count). The number of carbonyl (C=O) groups excluding carboxylic acids is 1. The van der Waals surface area contributed by atoms with Crippen molar-refractivity contribution in [2.24, 2.45) is 5.92 Å². The summed E-state index contributed by atoms with van der Waals surface area (Å²) in [6.45, 7) is 3.51. The maximum absolute atomic E-state index is 11.0. The average molecular weight is 198 g/mol. The Morgan fingerprint density at radius 1 is 1.71 bits per heavy atom. The molecule has 0 aliphatic carbocycles. The second-order valence-electron chi connectivity index (χ2n) is 3.44. The van der Waals surface area contributed by atoms with Gasteiger partial charge in [-0.1, -0.05) is 13.0 Å². The van der Waals surface area contributed by atoms with Gasteiger partial charge in [0.15, 0.2) is 0 Å². The fraction of sp³-hybridized carbons (Fsp3) is 0.667. The fourth-order valence-electron chi connectivity index (χ4n) is 1.61. The maximum atomic E-state index is 11.0. The molecule has 5 heteroatoms. The van der Waals surface area contributed by atoms with Crippen LogP contribution < -0.4 is 0 Å². The molecule has 0 bridgehead atoms. The lowest BCUT2D eigenvalue weighted by molar-refractivity contribution is -0.530. The molecule has 0 N–H and O–H groups in total. The van der Waals surface area contributed by atoms with Crippen LogP contribution in [-0.4, -0.2) is 28.3 Å². The van der Waals surface area contributed by atoms with Gasteiger partial charge in [-0.15, -0.1) is 0 Å². The number of nitro groups is 1. The van der Waals surface area contributed by atoms with Crippen molar-refractivity contribution >= 4 is 5.91 Å². The summed E-state index contributed by atoms with van der Waals surface area (Å²) in [6, 6.07) is -0.658. The van der Waals surface area contributed by atoms with Crippen molar-refractivity contribution in [1.29, 1.82) is 0 Å². The van der Waals surface area contributed by atoms with Crippen molar-refractivity contribution in [3.8, 4) is 0 Å². The Morgan fingerprint density at radius 2 is 2.36 bits per heavy atom. The van der Waals surface area contributed by atoms with Crippen molar-refractivity contribution < 1.29 is 9.72 Å². The lowest BCUT2D eigenvalue weighted by atomic mass is 9.94. The van der Waals surface area contributed by atoms with E-state index in [0.717, 1.165) is 6.42 Å². The number of hydrogen-bond acceptors (Lipinski definition) is 3. The molecule has 1 amide bonds. The Bertz CT molecular complexity index is 275. The van der Waals surface area contributed by atoms with Crippen LogP contribution in [0.25, 0.3) is 0 Å². The minimum Gasteiger partial charge on any atom is -0.313 e. The Balaban J connectivity index is 2.80. The van der Waals surface area contributed by atoms with E-state index >= 15 is 0 Å². The van der Waals surface area contributed by atoms with Crippen molar-refractivity contribution in [2.75, 3.05) is 6.54 Å². The van der Waals surface area contributed by atoms with Gasteiger partial charge in [-0.2, -0.15) is 0 Å². The molecule has 0 aromatic heterocycles. The van der Waals surface area contributed by atoms with Gasteiger partial charge >= 0.3 is 0 Å². The number of nitrogens with zero attached hydrogens (tertiary/aromatic N) is 2. The molecule has 1 heterocycles. The van der Waals surface area contributed by atoms with Gasteiger partial charge in [-0.05, 0) is 6.42 Å². The summed E-state index contributed by atoms with van der Waals surface area (Å²) in [5, 5.41) is 10.7. The summed E-state index contributed by atoms with van der Waals surface area (Å²) in [7, 11) is 0. The van der Waals surface area contributed by atoms with E-state index in [9.17, 15) is 14.9 Å². The normalized spacial score (nSPS) is 26.3. The Hall–Kier alpha value is -1.39. The van der Waals surface area contributed by atoms with Crippen LogP contribution >= 0.6 is 0 Å². The monoisotopic (exact) mass is 198 g/mol. The molecule has 0 saturated carbocycles. The van der Waals surface area contributed by atoms with Gasteiger partial charge in [0.25, 0.3) is 0 Å². The molecule has 0 unspecified atom stereocenters. The van der Waals surface area contributed by atoms with Crippen molar-refractivity contribution in [1.82, 2.24) is 4.90 Å². The third-order valence-electron chi connectivity index (χ3n) is 2.54. The Labute approximate surface area is 82.5 Å². The first-order chi connectivity index (χ1) is 6.56. The molecule has 14 heavy (non-hydrogen) atoms. The van der Waals surface area contributed by atoms with E-state index in [1.54, 1.807) is 12.3 Å². The molecular weight excluding hydrogens is 184 g/mol. The minimum absolute atomic E-state index is 0.0550. The summed E-state index contributed by atoms with van der Waals surface area (Å²) in [5.74, 6) is -0.205. The molecule has 5 nitrogen and oxygen atoms in total. The number of carbonyl (C=O) groups is 1. The highest BCUT2D eigenvalue weighted by Crippen LogP contribution is 2.19. The predicted octanol–water partition coefficient (Wildman–Crippen LogP) is 1.03. The molecule has 0 aromatic carbocycles. The molecule has 0 fully saturated rings. The summed E-state index contributed by atoms with van der Waals surface area (Å²) in [6.07, 6.45) is 4.13. The number of rotatable bonds is 2. The van der Waals surface area contributed by atoms with Gasteiger partial charge in [0.1, 0.15) is 0 Å². The highest BCUT2D eigenvalue weighted by Gasteiger charge is 2.33. The van der Waals surface area contributed by atoms with Crippen molar-refractivity contribution in [3.05, 3.63) is 22.4 Å². The van der Waals surface area contributed by atoms with Crippen LogP contribution in [0.1, 0.15) is 20.3 Å². The van der Waals surface area contributed by atoms with Gasteiger partial charge in [0.05, 0.1) is 6.54 Å². The largest absolute Gasteiger partial charge is 0.313 e. The molecule has 0 spiro atoms. The van der Waals surface area contributed by atoms with Crippen LogP contribution in [0, 0.1) is 16.0 Å². The first-order valence-corrected chi connectivity index (χ1v) is 4.65. The third kappa shape index (κ3) is 2.10. The topological polar surface area (TPSA) is 63.5 Å². The molecular formula is C9H14N2O3. The lowest BCUT2D eigenvalue weighted by Crippen LogP contribution is -2.43. The molecule has 78 valence electrons. The van der Waals surface area contributed by atoms with Crippen LogP contribution in [0.3, 0.4) is 0 Å². The van der Waals surface area contributed by atoms with E-state index in [1.807, 2.05) is 6.92 Å². The summed E-state index contributed by atoms with van der Waals surface area (Å²) >= 11 is 0. The van der Waals surface area contributed by atoms with Gasteiger partial charge < -0.3 is 4.90 Å². The standard InChI is InChI=1S/C9H14N2O3/c1-3-8-4-5-10(7(2)12)6-9(8)11(13)14/h4-5,8-9H,3,6H2,1-2H3/t8-,9-/m1/s1. The first-order valence-electron chi connectivity index (χ1n) is 4.65. The second kappa shape index (κ2) is 4.21. The maximum Gasteiger partial charge on any atom is 0.237 e. The van der Waals surface area contributed by atoms with Crippen LogP contribution in [0.2, 0.25) is 0 Å². The molecule has 0 radical (unpaired) electrons. The molecule has 2 atom stereocenters. The first kappa shape index (κ1) is 10.7. The molecule has 1 aliphatic rings. The third-order valence-corrected chi connectivity index (χ3v) is 2.54. The van der Waals surface area contributed by atoms with E-state index in [0.29, 0.717) is 0 Å². The number of amides is 1. The summed E-state index contributed by atoms with van der Waals surface area (Å²) in [4.78, 5) is 22.8. The number of hydrogen-bond donors (Lipinski definition) is 0. The quantitative estimate of drug-likeness (QED) is 0.491. The zero-order valence-corrected chi connectivity index (χ0v) is 8.34. The smallest absolute Gasteiger partial charge is 0.237 e. The summed E-state index contributed by atoms with van der Waals surface area (Å²) in [5.41, 5.74) is 0. The molecule has 0 aromatic rings. The highest BCUT2D eigenvalue weighted by molar-refractivity contribution is 5.74. The van der Waals surface area contributed by atoms with Gasteiger partial charge in [-0.25, -0.2) is 0 Å². The predicted molar refractivity (Wildman–Crippen MR) is 51.1 cm³/mol. The van der Waals surface area contributed by atoms with E-state index in [-0.39, 0.29) is 23.3 Å². The van der Waals surface area contributed by atoms with E-state index in [2.05, 4.69) is 0 Å². The Morgan fingerprint density at radius 3 is 2.79 bits per heavy atom. The van der Waals surface area contributed by atoms with Gasteiger partial charge in [0.2, 0.25) is 11.9 Å². The van der Waals surface area contributed by atoms with Crippen LogP contribution in [-0.2, 0) is 4.79 Å². The fourth-order valence-corrected chi connectivity index (χ4v) is 1.61. The molecule has 0 saturated heterocycles. The SMILES string of the molecule is CC[C@@H]1C=CN(C(C)=O)C[C@H]1[N+](=O)[O-]. The van der Waals surface area contributed by atoms with Crippen LogP contribution in [0.15, 0.2) is 12.3 Å². The van der Waals surface area contributed by atoms with Crippen molar-refractivity contribution in [3.63, 3.8) is 0 Å². The summed E-state index contributed by atoms with van der Waals surface area (Å²) < 4.78 is 0. The van der Waals surface area contributed by atoms with Gasteiger partial charge in [-0.3, -0.25) is 14.9 Å². The van der Waals surface area contributed by atoms with Gasteiger partial charge in [0, 0.05) is 24.0 Å². The van der Waals surface area contributed by atoms with Crippen LogP contribution in [0.5, 0.6) is 0 Å². The zero-order valence-electron chi connectivity index (χ0n) is 8.34. The second-order valence-corrected chi connectivity index (χ2v) is 3.44. The van der Waals surface area contributed by atoms with E-state index < -0.39 is 6.04 Å².